The van der Waals surface area contributed by atoms with E-state index in [-0.39, 0.29) is 10.6 Å². The Morgan fingerprint density at radius 2 is 1.53 bits per heavy atom. The van der Waals surface area contributed by atoms with Gasteiger partial charge in [0.25, 0.3) is 5.69 Å². The molecule has 0 aliphatic heterocycles. The molecule has 0 amide bonds. The Bertz CT molecular complexity index is 479. The summed E-state index contributed by atoms with van der Waals surface area (Å²) in [5.74, 6) is 0. The first-order valence-electron chi connectivity index (χ1n) is 6.33. The van der Waals surface area contributed by atoms with Gasteiger partial charge in [0.1, 0.15) is 22.2 Å². The molecule has 5 nitrogen and oxygen atoms in total. The maximum atomic E-state index is 11.1. The van der Waals surface area contributed by atoms with Gasteiger partial charge < -0.3 is 9.96 Å². The molecular weight excluding hydrogens is 274 g/mol. The van der Waals surface area contributed by atoms with Crippen molar-refractivity contribution in [1.29, 1.82) is 0 Å². The highest BCUT2D eigenvalue weighted by Crippen LogP contribution is 2.30. The van der Waals surface area contributed by atoms with Crippen LogP contribution < -0.4 is 9.96 Å². The van der Waals surface area contributed by atoms with Crippen LogP contribution in [0.5, 0.6) is 0 Å². The summed E-state index contributed by atoms with van der Waals surface area (Å²) in [6.07, 6.45) is 0. The molecule has 19 heavy (non-hydrogen) atoms. The van der Waals surface area contributed by atoms with Gasteiger partial charge in [-0.05, 0) is 12.1 Å². The van der Waals surface area contributed by atoms with E-state index in [0.717, 1.165) is 5.69 Å². The molecule has 0 atom stereocenters. The van der Waals surface area contributed by atoms with Crippen LogP contribution in [0.3, 0.4) is 0 Å². The fraction of sp³-hybridized carbons (Fsp3) is 0.500. The minimum atomic E-state index is -1.63. The van der Waals surface area contributed by atoms with Crippen LogP contribution in [0.1, 0.15) is 0 Å². The van der Waals surface area contributed by atoms with Crippen molar-refractivity contribution in [2.24, 2.45) is 0 Å². The van der Waals surface area contributed by atoms with Gasteiger partial charge in [-0.1, -0.05) is 39.3 Å². The third-order valence-corrected chi connectivity index (χ3v) is 4.28. The number of nitro groups is 1. The smallest absolute Gasteiger partial charge is 0.291 e. The van der Waals surface area contributed by atoms with Gasteiger partial charge in [0.05, 0.1) is 4.92 Å². The van der Waals surface area contributed by atoms with Gasteiger partial charge in [0.2, 0.25) is 0 Å². The molecule has 0 bridgehead atoms. The second-order valence-corrected chi connectivity index (χ2v) is 16.2. The molecule has 2 N–H and O–H groups in total. The summed E-state index contributed by atoms with van der Waals surface area (Å²) in [4.78, 5) is 17.5. The second kappa shape index (κ2) is 5.34. The van der Waals surface area contributed by atoms with Crippen molar-refractivity contribution >= 4 is 33.5 Å². The van der Waals surface area contributed by atoms with E-state index in [2.05, 4.69) is 49.2 Å². The zero-order valence-corrected chi connectivity index (χ0v) is 14.5. The van der Waals surface area contributed by atoms with Gasteiger partial charge in [-0.25, -0.2) is 0 Å². The summed E-state index contributed by atoms with van der Waals surface area (Å²) in [6, 6.07) is 5.21. The normalized spacial score (nSPS) is 12.1. The molecule has 0 fully saturated rings. The highest BCUT2D eigenvalue weighted by atomic mass is 28.3. The van der Waals surface area contributed by atoms with Gasteiger partial charge in [-0.15, -0.1) is 0 Å². The molecule has 1 aromatic carbocycles. The summed E-state index contributed by atoms with van der Waals surface area (Å²) >= 11 is 0. The number of hydrogen-bond acceptors (Lipinski definition) is 4. The Labute approximate surface area is 116 Å². The van der Waals surface area contributed by atoms with E-state index in [0.29, 0.717) is 5.69 Å². The van der Waals surface area contributed by atoms with Crippen molar-refractivity contribution in [2.45, 2.75) is 39.3 Å². The van der Waals surface area contributed by atoms with Gasteiger partial charge in [0, 0.05) is 11.8 Å². The lowest BCUT2D eigenvalue weighted by atomic mass is 10.2. The molecule has 7 heteroatoms. The van der Waals surface area contributed by atoms with E-state index < -0.39 is 16.5 Å². The lowest BCUT2D eigenvalue weighted by Crippen LogP contribution is -2.33. The van der Waals surface area contributed by atoms with Crippen LogP contribution in [0.25, 0.3) is 0 Å². The lowest BCUT2D eigenvalue weighted by Gasteiger charge is -2.23. The Hall–Kier alpha value is -1.35. The number of hydrogen-bond donors (Lipinski definition) is 2. The highest BCUT2D eigenvalue weighted by Gasteiger charge is 2.22. The van der Waals surface area contributed by atoms with E-state index in [4.69, 9.17) is 0 Å². The third-order valence-electron chi connectivity index (χ3n) is 2.22. The second-order valence-electron chi connectivity index (χ2n) is 6.74. The number of nitrogens with zero attached hydrogens (tertiary/aromatic N) is 1. The fourth-order valence-electron chi connectivity index (χ4n) is 1.71. The first-order valence-corrected chi connectivity index (χ1v) is 13.3. The Kier molecular flexibility index (Phi) is 4.41. The summed E-state index contributed by atoms with van der Waals surface area (Å²) in [5.41, 5.74) is 1.71. The number of benzene rings is 1. The Balaban J connectivity index is 3.15. The molecule has 1 aromatic rings. The molecule has 0 heterocycles. The number of nitrogens with one attached hydrogen (secondary N) is 2. The summed E-state index contributed by atoms with van der Waals surface area (Å²) in [5, 5.41) is 11.1. The molecule has 0 aromatic heterocycles. The SMILES string of the molecule is C[Si](C)(C)Nc1ccc([N+](=O)[O-])c(N[Si](C)(C)C)c1. The molecule has 106 valence electrons. The third kappa shape index (κ3) is 5.43. The maximum absolute atomic E-state index is 11.1. The van der Waals surface area contributed by atoms with E-state index >= 15 is 0 Å². The zero-order chi connectivity index (χ0) is 14.8. The Morgan fingerprint density at radius 1 is 1.00 bits per heavy atom. The van der Waals surface area contributed by atoms with Crippen LogP contribution in [-0.2, 0) is 0 Å². The summed E-state index contributed by atoms with van der Waals surface area (Å²) in [7, 11) is -3.09. The molecule has 1 rings (SSSR count). The van der Waals surface area contributed by atoms with Crippen molar-refractivity contribution in [3.63, 3.8) is 0 Å². The minimum absolute atomic E-state index is 0.142. The standard InChI is InChI=1S/C12H23N3O2Si2/c1-18(2,3)13-10-7-8-12(15(16)17)11(9-10)14-19(4,5)6/h7-9,13-14H,1-6H3. The van der Waals surface area contributed by atoms with Crippen LogP contribution in [0, 0.1) is 10.1 Å². The highest BCUT2D eigenvalue weighted by molar-refractivity contribution is 6.79. The monoisotopic (exact) mass is 297 g/mol. The van der Waals surface area contributed by atoms with Crippen molar-refractivity contribution in [2.75, 3.05) is 9.96 Å². The molecule has 0 radical (unpaired) electrons. The van der Waals surface area contributed by atoms with Gasteiger partial charge in [-0.3, -0.25) is 10.1 Å². The Morgan fingerprint density at radius 3 is 1.95 bits per heavy atom. The average Bonchev–Trinajstić information content (AvgIpc) is 2.11. The molecule has 0 spiro atoms. The van der Waals surface area contributed by atoms with Gasteiger partial charge in [0.15, 0.2) is 0 Å². The molecule has 0 aliphatic rings. The maximum Gasteiger partial charge on any atom is 0.291 e. The largest absolute Gasteiger partial charge is 0.411 e. The number of nitro benzene ring substituents is 1. The summed E-state index contributed by atoms with van der Waals surface area (Å²) in [6.45, 7) is 12.9. The molecule has 0 unspecified atom stereocenters. The predicted molar refractivity (Wildman–Crippen MR) is 87.0 cm³/mol. The average molecular weight is 298 g/mol. The first kappa shape index (κ1) is 15.7. The van der Waals surface area contributed by atoms with Crippen LogP contribution in [-0.4, -0.2) is 21.4 Å². The van der Waals surface area contributed by atoms with E-state index in [1.807, 2.05) is 6.07 Å². The number of anilines is 2. The van der Waals surface area contributed by atoms with E-state index in [1.54, 1.807) is 12.1 Å². The van der Waals surface area contributed by atoms with Gasteiger partial charge in [-0.2, -0.15) is 0 Å². The van der Waals surface area contributed by atoms with Gasteiger partial charge >= 0.3 is 0 Å². The van der Waals surface area contributed by atoms with Crippen molar-refractivity contribution in [3.8, 4) is 0 Å². The van der Waals surface area contributed by atoms with E-state index in [9.17, 15) is 10.1 Å². The van der Waals surface area contributed by atoms with E-state index in [1.165, 1.54) is 0 Å². The van der Waals surface area contributed by atoms with Crippen molar-refractivity contribution < 1.29 is 4.92 Å². The molecule has 0 aliphatic carbocycles. The minimum Gasteiger partial charge on any atom is -0.411 e. The molecule has 0 saturated heterocycles. The lowest BCUT2D eigenvalue weighted by molar-refractivity contribution is -0.383. The summed E-state index contributed by atoms with van der Waals surface area (Å²) < 4.78 is 0. The zero-order valence-electron chi connectivity index (χ0n) is 12.5. The quantitative estimate of drug-likeness (QED) is 0.488. The topological polar surface area (TPSA) is 67.2 Å². The molecule has 0 saturated carbocycles. The van der Waals surface area contributed by atoms with Crippen LogP contribution in [0.2, 0.25) is 39.3 Å². The van der Waals surface area contributed by atoms with Crippen molar-refractivity contribution in [3.05, 3.63) is 28.3 Å². The fourth-order valence-corrected chi connectivity index (χ4v) is 3.74. The molecular formula is C12H23N3O2Si2. The number of rotatable bonds is 5. The predicted octanol–water partition coefficient (Wildman–Crippen LogP) is 4.09. The van der Waals surface area contributed by atoms with Crippen LogP contribution in [0.15, 0.2) is 18.2 Å². The van der Waals surface area contributed by atoms with Crippen LogP contribution >= 0.6 is 0 Å². The van der Waals surface area contributed by atoms with Crippen LogP contribution in [0.4, 0.5) is 17.1 Å². The first-order chi connectivity index (χ1) is 8.48. The van der Waals surface area contributed by atoms with Crippen molar-refractivity contribution in [1.82, 2.24) is 0 Å².